The van der Waals surface area contributed by atoms with Crippen LogP contribution in [0.3, 0.4) is 0 Å². The summed E-state index contributed by atoms with van der Waals surface area (Å²) < 4.78 is 15.4. The number of aromatic nitrogens is 2. The predicted octanol–water partition coefficient (Wildman–Crippen LogP) is 2.63. The van der Waals surface area contributed by atoms with Crippen LogP contribution in [0, 0.1) is 19.7 Å². The number of benzene rings is 1. The lowest BCUT2D eigenvalue weighted by atomic mass is 10.1. The topological polar surface area (TPSA) is 50.2 Å². The van der Waals surface area contributed by atoms with Crippen molar-refractivity contribution >= 4 is 5.91 Å². The molecule has 1 aliphatic heterocycles. The summed E-state index contributed by atoms with van der Waals surface area (Å²) in [7, 11) is 1.92. The minimum absolute atomic E-state index is 0.0329. The van der Waals surface area contributed by atoms with Gasteiger partial charge >= 0.3 is 0 Å². The van der Waals surface area contributed by atoms with E-state index >= 15 is 0 Å². The van der Waals surface area contributed by atoms with Crippen LogP contribution in [0.4, 0.5) is 4.39 Å². The lowest BCUT2D eigenvalue weighted by Crippen LogP contribution is -2.36. The fraction of sp³-hybridized carbons (Fsp3) is 0.474. The molecule has 1 aliphatic rings. The Morgan fingerprint density at radius 1 is 1.40 bits per heavy atom. The van der Waals surface area contributed by atoms with E-state index in [-0.39, 0.29) is 17.8 Å². The molecule has 6 heteroatoms. The fourth-order valence-electron chi connectivity index (χ4n) is 3.50. The van der Waals surface area contributed by atoms with E-state index in [1.54, 1.807) is 13.0 Å². The summed E-state index contributed by atoms with van der Waals surface area (Å²) in [4.78, 5) is 14.5. The molecule has 1 aromatic carbocycles. The smallest absolute Gasteiger partial charge is 0.234 e. The van der Waals surface area contributed by atoms with E-state index in [1.807, 2.05) is 30.9 Å². The molecule has 0 bridgehead atoms. The molecule has 1 saturated heterocycles. The maximum atomic E-state index is 13.6. The summed E-state index contributed by atoms with van der Waals surface area (Å²) in [6, 6.07) is 5.30. The first-order valence-corrected chi connectivity index (χ1v) is 8.70. The molecule has 1 fully saturated rings. The zero-order valence-corrected chi connectivity index (χ0v) is 15.1. The van der Waals surface area contributed by atoms with Crippen molar-refractivity contribution < 1.29 is 9.18 Å². The summed E-state index contributed by atoms with van der Waals surface area (Å²) in [5, 5.41) is 7.31. The molecule has 2 heterocycles. The van der Waals surface area contributed by atoms with Crippen molar-refractivity contribution in [1.82, 2.24) is 20.0 Å². The number of carbonyl (C=O) groups excluding carboxylic acids is 1. The van der Waals surface area contributed by atoms with Gasteiger partial charge in [0.15, 0.2) is 0 Å². The number of nitrogens with one attached hydrogen (secondary N) is 1. The molecule has 1 amide bonds. The van der Waals surface area contributed by atoms with Crippen LogP contribution in [0.5, 0.6) is 0 Å². The first-order chi connectivity index (χ1) is 11.9. The standard InChI is InChI=1S/C19H25FN4O/c1-13-6-7-15(9-17(13)20)10-21-19(25)12-24-8-4-5-18(24)16-11-23(3)22-14(16)2/h6-7,9,11,18H,4-5,8,10,12H2,1-3H3,(H,21,25). The van der Waals surface area contributed by atoms with Gasteiger partial charge in [0.2, 0.25) is 5.91 Å². The molecule has 0 radical (unpaired) electrons. The van der Waals surface area contributed by atoms with Gasteiger partial charge in [0, 0.05) is 31.4 Å². The number of carbonyl (C=O) groups is 1. The molecule has 134 valence electrons. The van der Waals surface area contributed by atoms with Crippen LogP contribution < -0.4 is 5.32 Å². The van der Waals surface area contributed by atoms with Crippen LogP contribution >= 0.6 is 0 Å². The lowest BCUT2D eigenvalue weighted by Gasteiger charge is -2.23. The average Bonchev–Trinajstić information content (AvgIpc) is 3.14. The minimum atomic E-state index is -0.238. The Hall–Kier alpha value is -2.21. The molecule has 2 aromatic rings. The van der Waals surface area contributed by atoms with Crippen LogP contribution in [0.2, 0.25) is 0 Å². The van der Waals surface area contributed by atoms with Gasteiger partial charge in [-0.25, -0.2) is 4.39 Å². The van der Waals surface area contributed by atoms with Gasteiger partial charge in [-0.05, 0) is 50.4 Å². The molecule has 1 unspecified atom stereocenters. The van der Waals surface area contributed by atoms with Crippen LogP contribution in [0.25, 0.3) is 0 Å². The maximum absolute atomic E-state index is 13.6. The Balaban J connectivity index is 1.58. The second-order valence-corrected chi connectivity index (χ2v) is 6.83. The molecule has 1 N–H and O–H groups in total. The lowest BCUT2D eigenvalue weighted by molar-refractivity contribution is -0.122. The van der Waals surface area contributed by atoms with Gasteiger partial charge in [-0.1, -0.05) is 12.1 Å². The van der Waals surface area contributed by atoms with Gasteiger partial charge in [0.05, 0.1) is 12.2 Å². The van der Waals surface area contributed by atoms with E-state index in [4.69, 9.17) is 0 Å². The SMILES string of the molecule is Cc1ccc(CNC(=O)CN2CCCC2c2cn(C)nc2C)cc1F. The highest BCUT2D eigenvalue weighted by Gasteiger charge is 2.29. The van der Waals surface area contributed by atoms with Gasteiger partial charge in [-0.2, -0.15) is 5.10 Å². The number of hydrogen-bond acceptors (Lipinski definition) is 3. The molecular weight excluding hydrogens is 319 g/mol. The summed E-state index contributed by atoms with van der Waals surface area (Å²) in [5.41, 5.74) is 3.61. The monoisotopic (exact) mass is 344 g/mol. The number of halogens is 1. The van der Waals surface area contributed by atoms with E-state index < -0.39 is 0 Å². The Morgan fingerprint density at radius 3 is 2.88 bits per heavy atom. The molecule has 0 aliphatic carbocycles. The van der Waals surface area contributed by atoms with Crippen molar-refractivity contribution in [2.45, 2.75) is 39.3 Å². The Morgan fingerprint density at radius 2 is 2.20 bits per heavy atom. The van der Waals surface area contributed by atoms with Gasteiger partial charge < -0.3 is 5.32 Å². The second kappa shape index (κ2) is 7.35. The fourth-order valence-corrected chi connectivity index (χ4v) is 3.50. The first kappa shape index (κ1) is 17.6. The highest BCUT2D eigenvalue weighted by Crippen LogP contribution is 2.32. The van der Waals surface area contributed by atoms with Gasteiger partial charge in [-0.15, -0.1) is 0 Å². The zero-order valence-electron chi connectivity index (χ0n) is 15.1. The summed E-state index contributed by atoms with van der Waals surface area (Å²) in [5.74, 6) is -0.271. The summed E-state index contributed by atoms with van der Waals surface area (Å²) in [6.45, 7) is 5.35. The van der Waals surface area contributed by atoms with Crippen molar-refractivity contribution in [2.24, 2.45) is 7.05 Å². The summed E-state index contributed by atoms with van der Waals surface area (Å²) in [6.07, 6.45) is 4.17. The quantitative estimate of drug-likeness (QED) is 0.907. The third-order valence-electron chi connectivity index (χ3n) is 4.85. The first-order valence-electron chi connectivity index (χ1n) is 8.70. The van der Waals surface area contributed by atoms with Crippen LogP contribution in [-0.4, -0.2) is 33.7 Å². The van der Waals surface area contributed by atoms with Crippen molar-refractivity contribution in [3.63, 3.8) is 0 Å². The zero-order chi connectivity index (χ0) is 18.0. The number of hydrogen-bond donors (Lipinski definition) is 1. The van der Waals surface area contributed by atoms with E-state index in [2.05, 4.69) is 15.3 Å². The van der Waals surface area contributed by atoms with Gasteiger partial charge in [-0.3, -0.25) is 14.4 Å². The van der Waals surface area contributed by atoms with Crippen molar-refractivity contribution in [3.05, 3.63) is 52.6 Å². The maximum Gasteiger partial charge on any atom is 0.234 e. The number of rotatable bonds is 5. The van der Waals surface area contributed by atoms with Gasteiger partial charge in [0.1, 0.15) is 5.82 Å². The summed E-state index contributed by atoms with van der Waals surface area (Å²) >= 11 is 0. The van der Waals surface area contributed by atoms with Crippen molar-refractivity contribution in [2.75, 3.05) is 13.1 Å². The highest BCUT2D eigenvalue weighted by molar-refractivity contribution is 5.78. The van der Waals surface area contributed by atoms with E-state index in [9.17, 15) is 9.18 Å². The normalized spacial score (nSPS) is 17.8. The van der Waals surface area contributed by atoms with E-state index in [0.29, 0.717) is 18.7 Å². The third-order valence-corrected chi connectivity index (χ3v) is 4.85. The average molecular weight is 344 g/mol. The van der Waals surface area contributed by atoms with Crippen LogP contribution in [0.1, 0.15) is 41.3 Å². The Bertz CT molecular complexity index is 771. The Labute approximate surface area is 147 Å². The van der Waals surface area contributed by atoms with Crippen LogP contribution in [-0.2, 0) is 18.4 Å². The van der Waals surface area contributed by atoms with Crippen molar-refractivity contribution in [3.8, 4) is 0 Å². The molecule has 5 nitrogen and oxygen atoms in total. The number of aryl methyl sites for hydroxylation is 3. The molecular formula is C19H25FN4O. The molecule has 0 saturated carbocycles. The molecule has 1 aromatic heterocycles. The predicted molar refractivity (Wildman–Crippen MR) is 94.5 cm³/mol. The van der Waals surface area contributed by atoms with E-state index in [0.717, 1.165) is 30.6 Å². The largest absolute Gasteiger partial charge is 0.351 e. The van der Waals surface area contributed by atoms with Crippen LogP contribution in [0.15, 0.2) is 24.4 Å². The molecule has 3 rings (SSSR count). The molecule has 25 heavy (non-hydrogen) atoms. The molecule has 1 atom stereocenters. The number of likely N-dealkylation sites (tertiary alicyclic amines) is 1. The number of nitrogens with zero attached hydrogens (tertiary/aromatic N) is 3. The van der Waals surface area contributed by atoms with Crippen molar-refractivity contribution in [1.29, 1.82) is 0 Å². The van der Waals surface area contributed by atoms with E-state index in [1.165, 1.54) is 11.6 Å². The Kier molecular flexibility index (Phi) is 5.18. The highest BCUT2D eigenvalue weighted by atomic mass is 19.1. The van der Waals surface area contributed by atoms with Gasteiger partial charge in [0.25, 0.3) is 0 Å². The second-order valence-electron chi connectivity index (χ2n) is 6.83. The number of amides is 1. The minimum Gasteiger partial charge on any atom is -0.351 e. The third kappa shape index (κ3) is 4.07. The molecule has 0 spiro atoms.